The van der Waals surface area contributed by atoms with Gasteiger partial charge >= 0.3 is 0 Å². The van der Waals surface area contributed by atoms with Crippen molar-refractivity contribution in [2.45, 2.75) is 12.8 Å². The number of hydrogen-bond donors (Lipinski definition) is 0. The minimum atomic E-state index is 0.649. The molecule has 0 aliphatic rings. The van der Waals surface area contributed by atoms with Gasteiger partial charge in [-0.3, -0.25) is 0 Å². The van der Waals surface area contributed by atoms with Crippen LogP contribution in [0.4, 0.5) is 0 Å². The fourth-order valence-electron chi connectivity index (χ4n) is 1.04. The second-order valence-corrected chi connectivity index (χ2v) is 4.20. The van der Waals surface area contributed by atoms with Crippen molar-refractivity contribution in [1.82, 2.24) is 0 Å². The van der Waals surface area contributed by atoms with Crippen molar-refractivity contribution in [3.05, 3.63) is 45.4 Å². The Morgan fingerprint density at radius 1 is 1.15 bits per heavy atom. The molecular formula is C10H9Cl3. The Labute approximate surface area is 93.1 Å². The van der Waals surface area contributed by atoms with Crippen LogP contribution in [0.1, 0.15) is 12.0 Å². The lowest BCUT2D eigenvalue weighted by Gasteiger charge is -2.01. The normalized spacial score (nSPS) is 10.1. The molecule has 1 aromatic carbocycles. The van der Waals surface area contributed by atoms with E-state index in [1.165, 1.54) is 0 Å². The van der Waals surface area contributed by atoms with Crippen LogP contribution >= 0.6 is 34.8 Å². The number of halogens is 3. The van der Waals surface area contributed by atoms with Crippen molar-refractivity contribution < 1.29 is 0 Å². The molecule has 0 aromatic heterocycles. The summed E-state index contributed by atoms with van der Waals surface area (Å²) in [6, 6.07) is 5.47. The van der Waals surface area contributed by atoms with Crippen molar-refractivity contribution >= 4 is 34.8 Å². The maximum Gasteiger partial charge on any atom is 0.0423 e. The highest BCUT2D eigenvalue weighted by atomic mass is 35.5. The highest BCUT2D eigenvalue weighted by Crippen LogP contribution is 2.21. The molecule has 0 atom stereocenters. The molecule has 1 rings (SSSR count). The second-order valence-electron chi connectivity index (χ2n) is 2.79. The van der Waals surface area contributed by atoms with E-state index in [4.69, 9.17) is 34.8 Å². The lowest BCUT2D eigenvalue weighted by molar-refractivity contribution is 0.990. The zero-order valence-electron chi connectivity index (χ0n) is 6.99. The minimum absolute atomic E-state index is 0.649. The van der Waals surface area contributed by atoms with Gasteiger partial charge in [0.05, 0.1) is 0 Å². The third kappa shape index (κ3) is 4.04. The topological polar surface area (TPSA) is 0 Å². The van der Waals surface area contributed by atoms with Gasteiger partial charge in [0.25, 0.3) is 0 Å². The number of aryl methyl sites for hydroxylation is 1. The van der Waals surface area contributed by atoms with E-state index in [-0.39, 0.29) is 0 Å². The average Bonchev–Trinajstić information content (AvgIpc) is 1.99. The standard InChI is InChI=1S/C10H9Cl3/c1-7(11)2-3-8-4-9(12)6-10(13)5-8/h4-6H,1-3H2. The Hall–Kier alpha value is -0.170. The van der Waals surface area contributed by atoms with Crippen LogP contribution in [0.3, 0.4) is 0 Å². The van der Waals surface area contributed by atoms with E-state index < -0.39 is 0 Å². The largest absolute Gasteiger partial charge is 0.0898 e. The van der Waals surface area contributed by atoms with Crippen LogP contribution in [0.25, 0.3) is 0 Å². The summed E-state index contributed by atoms with van der Waals surface area (Å²) in [5.41, 5.74) is 1.08. The lowest BCUT2D eigenvalue weighted by Crippen LogP contribution is -1.85. The van der Waals surface area contributed by atoms with Gasteiger partial charge < -0.3 is 0 Å². The number of benzene rings is 1. The van der Waals surface area contributed by atoms with Gasteiger partial charge in [-0.1, -0.05) is 41.4 Å². The first-order chi connectivity index (χ1) is 6.08. The molecule has 0 fully saturated rings. The van der Waals surface area contributed by atoms with Gasteiger partial charge in [-0.15, -0.1) is 0 Å². The first-order valence-electron chi connectivity index (χ1n) is 3.86. The maximum atomic E-state index is 5.83. The fourth-order valence-corrected chi connectivity index (χ4v) is 1.70. The van der Waals surface area contributed by atoms with Crippen molar-refractivity contribution in [3.63, 3.8) is 0 Å². The Kier molecular flexibility index (Phi) is 4.11. The zero-order chi connectivity index (χ0) is 9.84. The minimum Gasteiger partial charge on any atom is -0.0898 e. The molecule has 0 heterocycles. The monoisotopic (exact) mass is 234 g/mol. The van der Waals surface area contributed by atoms with E-state index in [2.05, 4.69) is 6.58 Å². The molecule has 1 aromatic rings. The molecular weight excluding hydrogens is 226 g/mol. The SMILES string of the molecule is C=C(Cl)CCc1cc(Cl)cc(Cl)c1. The predicted molar refractivity (Wildman–Crippen MR) is 59.8 cm³/mol. The van der Waals surface area contributed by atoms with Crippen LogP contribution in [0.2, 0.25) is 10.0 Å². The molecule has 3 heteroatoms. The second kappa shape index (κ2) is 4.90. The molecule has 0 N–H and O–H groups in total. The van der Waals surface area contributed by atoms with Crippen LogP contribution in [0.5, 0.6) is 0 Å². The molecule has 0 nitrogen and oxygen atoms in total. The summed E-state index contributed by atoms with van der Waals surface area (Å²) >= 11 is 17.3. The van der Waals surface area contributed by atoms with E-state index in [0.717, 1.165) is 18.4 Å². The van der Waals surface area contributed by atoms with Crippen molar-refractivity contribution in [1.29, 1.82) is 0 Å². The quantitative estimate of drug-likeness (QED) is 0.714. The summed E-state index contributed by atoms with van der Waals surface area (Å²) in [4.78, 5) is 0. The molecule has 0 unspecified atom stereocenters. The van der Waals surface area contributed by atoms with Crippen LogP contribution in [-0.2, 0) is 6.42 Å². The lowest BCUT2D eigenvalue weighted by atomic mass is 10.1. The van der Waals surface area contributed by atoms with Crippen molar-refractivity contribution in [2.75, 3.05) is 0 Å². The summed E-state index contributed by atoms with van der Waals surface area (Å²) in [5, 5.41) is 1.96. The van der Waals surface area contributed by atoms with E-state index in [0.29, 0.717) is 15.1 Å². The van der Waals surface area contributed by atoms with Crippen LogP contribution < -0.4 is 0 Å². The number of rotatable bonds is 3. The average molecular weight is 236 g/mol. The van der Waals surface area contributed by atoms with Crippen molar-refractivity contribution in [2.24, 2.45) is 0 Å². The molecule has 0 radical (unpaired) electrons. The highest BCUT2D eigenvalue weighted by Gasteiger charge is 1.98. The smallest absolute Gasteiger partial charge is 0.0423 e. The molecule has 70 valence electrons. The van der Waals surface area contributed by atoms with Gasteiger partial charge in [0.15, 0.2) is 0 Å². The van der Waals surface area contributed by atoms with E-state index in [1.54, 1.807) is 6.07 Å². The summed E-state index contributed by atoms with van der Waals surface area (Å²) in [6.07, 6.45) is 1.57. The summed E-state index contributed by atoms with van der Waals surface area (Å²) in [5.74, 6) is 0. The van der Waals surface area contributed by atoms with Crippen LogP contribution in [-0.4, -0.2) is 0 Å². The maximum absolute atomic E-state index is 5.83. The van der Waals surface area contributed by atoms with E-state index in [1.807, 2.05) is 12.1 Å². The van der Waals surface area contributed by atoms with Gasteiger partial charge in [0.1, 0.15) is 0 Å². The van der Waals surface area contributed by atoms with Crippen LogP contribution in [0, 0.1) is 0 Å². The molecule has 0 aliphatic carbocycles. The Bertz CT molecular complexity index is 298. The third-order valence-corrected chi connectivity index (χ3v) is 2.23. The first-order valence-corrected chi connectivity index (χ1v) is 4.99. The number of hydrogen-bond acceptors (Lipinski definition) is 0. The summed E-state index contributed by atoms with van der Waals surface area (Å²) in [6.45, 7) is 3.61. The predicted octanol–water partition coefficient (Wildman–Crippen LogP) is 4.68. The molecule has 0 amide bonds. The van der Waals surface area contributed by atoms with Gasteiger partial charge in [-0.2, -0.15) is 0 Å². The highest BCUT2D eigenvalue weighted by molar-refractivity contribution is 6.34. The van der Waals surface area contributed by atoms with Gasteiger partial charge in [-0.25, -0.2) is 0 Å². The zero-order valence-corrected chi connectivity index (χ0v) is 9.26. The number of allylic oxidation sites excluding steroid dienone is 1. The molecule has 0 saturated carbocycles. The summed E-state index contributed by atoms with van der Waals surface area (Å²) < 4.78 is 0. The molecule has 0 aliphatic heterocycles. The van der Waals surface area contributed by atoms with E-state index >= 15 is 0 Å². The molecule has 0 spiro atoms. The summed E-state index contributed by atoms with van der Waals surface area (Å²) in [7, 11) is 0. The van der Waals surface area contributed by atoms with Crippen molar-refractivity contribution in [3.8, 4) is 0 Å². The molecule has 0 bridgehead atoms. The fraction of sp³-hybridized carbons (Fsp3) is 0.200. The Morgan fingerprint density at radius 2 is 1.69 bits per heavy atom. The third-order valence-electron chi connectivity index (χ3n) is 1.61. The van der Waals surface area contributed by atoms with Gasteiger partial charge in [-0.05, 0) is 36.6 Å². The van der Waals surface area contributed by atoms with Crippen LogP contribution in [0.15, 0.2) is 29.8 Å². The van der Waals surface area contributed by atoms with E-state index in [9.17, 15) is 0 Å². The Morgan fingerprint density at radius 3 is 2.15 bits per heavy atom. The Balaban J connectivity index is 2.71. The first kappa shape index (κ1) is 10.9. The molecule has 0 saturated heterocycles. The molecule has 13 heavy (non-hydrogen) atoms. The van der Waals surface area contributed by atoms with Gasteiger partial charge in [0, 0.05) is 15.1 Å². The van der Waals surface area contributed by atoms with Gasteiger partial charge in [0.2, 0.25) is 0 Å².